The summed E-state index contributed by atoms with van der Waals surface area (Å²) in [6, 6.07) is 21.4. The van der Waals surface area contributed by atoms with Crippen LogP contribution in [0.15, 0.2) is 72.8 Å². The Labute approximate surface area is 164 Å². The Hall–Kier alpha value is -3.60. The van der Waals surface area contributed by atoms with E-state index in [2.05, 4.69) is 10.6 Å². The van der Waals surface area contributed by atoms with Crippen molar-refractivity contribution in [2.24, 2.45) is 0 Å². The molecule has 0 aliphatic heterocycles. The second-order valence-electron chi connectivity index (χ2n) is 6.23. The summed E-state index contributed by atoms with van der Waals surface area (Å²) in [5.41, 5.74) is 3.10. The molecule has 5 heteroatoms. The number of hydrogen-bond acceptors (Lipinski definition) is 3. The second-order valence-corrected chi connectivity index (χ2v) is 6.23. The maximum absolute atomic E-state index is 12.7. The summed E-state index contributed by atoms with van der Waals surface area (Å²) in [5, 5.41) is 5.72. The molecule has 0 saturated carbocycles. The fourth-order valence-electron chi connectivity index (χ4n) is 2.76. The molecule has 28 heavy (non-hydrogen) atoms. The van der Waals surface area contributed by atoms with Crippen LogP contribution in [0, 0.1) is 6.92 Å². The lowest BCUT2D eigenvalue weighted by Crippen LogP contribution is -2.16. The minimum absolute atomic E-state index is 0.265. The maximum atomic E-state index is 12.7. The molecule has 2 N–H and O–H groups in total. The van der Waals surface area contributed by atoms with Gasteiger partial charge in [-0.25, -0.2) is 0 Å². The van der Waals surface area contributed by atoms with E-state index in [4.69, 9.17) is 4.74 Å². The lowest BCUT2D eigenvalue weighted by Gasteiger charge is -2.12. The Balaban J connectivity index is 1.76. The van der Waals surface area contributed by atoms with Crippen LogP contribution >= 0.6 is 0 Å². The Morgan fingerprint density at radius 2 is 1.36 bits per heavy atom. The van der Waals surface area contributed by atoms with Crippen molar-refractivity contribution in [2.75, 3.05) is 17.2 Å². The van der Waals surface area contributed by atoms with Gasteiger partial charge in [0.05, 0.1) is 12.3 Å². The highest BCUT2D eigenvalue weighted by Gasteiger charge is 2.13. The molecule has 0 unspecified atom stereocenters. The number of anilines is 2. The fraction of sp³-hybridized carbons (Fsp3) is 0.130. The van der Waals surface area contributed by atoms with Gasteiger partial charge < -0.3 is 15.4 Å². The molecule has 0 saturated heterocycles. The van der Waals surface area contributed by atoms with Crippen LogP contribution in [0.1, 0.15) is 33.2 Å². The zero-order valence-corrected chi connectivity index (χ0v) is 15.9. The monoisotopic (exact) mass is 374 g/mol. The third-order valence-corrected chi connectivity index (χ3v) is 4.22. The van der Waals surface area contributed by atoms with Gasteiger partial charge in [0.2, 0.25) is 0 Å². The van der Waals surface area contributed by atoms with Crippen molar-refractivity contribution < 1.29 is 14.3 Å². The minimum Gasteiger partial charge on any atom is -0.492 e. The van der Waals surface area contributed by atoms with Crippen molar-refractivity contribution in [3.05, 3.63) is 89.5 Å². The molecule has 0 atom stereocenters. The van der Waals surface area contributed by atoms with E-state index in [1.165, 1.54) is 0 Å². The number of para-hydroxylation sites is 3. The number of amides is 2. The molecule has 3 aromatic carbocycles. The number of hydrogen-bond donors (Lipinski definition) is 2. The normalized spacial score (nSPS) is 10.2. The van der Waals surface area contributed by atoms with Gasteiger partial charge in [-0.1, -0.05) is 36.4 Å². The van der Waals surface area contributed by atoms with Gasteiger partial charge in [-0.15, -0.1) is 0 Å². The van der Waals surface area contributed by atoms with Gasteiger partial charge in [-0.05, 0) is 55.8 Å². The third-order valence-electron chi connectivity index (χ3n) is 4.22. The van der Waals surface area contributed by atoms with Crippen LogP contribution in [0.25, 0.3) is 0 Å². The summed E-state index contributed by atoms with van der Waals surface area (Å²) in [4.78, 5) is 25.2. The van der Waals surface area contributed by atoms with E-state index in [0.29, 0.717) is 29.2 Å². The molecule has 0 aliphatic carbocycles. The fourth-order valence-corrected chi connectivity index (χ4v) is 2.76. The van der Waals surface area contributed by atoms with Gasteiger partial charge >= 0.3 is 0 Å². The molecule has 0 aromatic heterocycles. The van der Waals surface area contributed by atoms with Gasteiger partial charge in [0.15, 0.2) is 0 Å². The SMILES string of the molecule is CCOc1ccccc1NC(=O)c1cccc(C(=O)Nc2ccccc2C)c1. The predicted octanol–water partition coefficient (Wildman–Crippen LogP) is 4.90. The van der Waals surface area contributed by atoms with Crippen molar-refractivity contribution in [2.45, 2.75) is 13.8 Å². The van der Waals surface area contributed by atoms with Crippen LogP contribution < -0.4 is 15.4 Å². The van der Waals surface area contributed by atoms with Crippen LogP contribution in [0.5, 0.6) is 5.75 Å². The molecule has 0 heterocycles. The average molecular weight is 374 g/mol. The zero-order chi connectivity index (χ0) is 19.9. The van der Waals surface area contributed by atoms with Crippen molar-refractivity contribution >= 4 is 23.2 Å². The van der Waals surface area contributed by atoms with Gasteiger partial charge in [0, 0.05) is 16.8 Å². The Kier molecular flexibility index (Phi) is 6.07. The smallest absolute Gasteiger partial charge is 0.255 e. The number of carbonyl (C=O) groups excluding carboxylic acids is 2. The highest BCUT2D eigenvalue weighted by Crippen LogP contribution is 2.24. The van der Waals surface area contributed by atoms with E-state index >= 15 is 0 Å². The summed E-state index contributed by atoms with van der Waals surface area (Å²) in [7, 11) is 0. The van der Waals surface area contributed by atoms with Crippen molar-refractivity contribution in [1.82, 2.24) is 0 Å². The molecule has 0 bridgehead atoms. The number of ether oxygens (including phenoxy) is 1. The molecule has 0 radical (unpaired) electrons. The van der Waals surface area contributed by atoms with E-state index in [1.807, 2.05) is 50.2 Å². The summed E-state index contributed by atoms with van der Waals surface area (Å²) in [5.74, 6) is 0.0307. The molecule has 3 aromatic rings. The molecule has 142 valence electrons. The molecule has 5 nitrogen and oxygen atoms in total. The van der Waals surface area contributed by atoms with Gasteiger partial charge in [0.1, 0.15) is 5.75 Å². The topological polar surface area (TPSA) is 67.4 Å². The summed E-state index contributed by atoms with van der Waals surface area (Å²) >= 11 is 0. The average Bonchev–Trinajstić information content (AvgIpc) is 2.71. The van der Waals surface area contributed by atoms with Crippen LogP contribution in [-0.4, -0.2) is 18.4 Å². The standard InChI is InChI=1S/C23H22N2O3/c1-3-28-21-14-7-6-13-20(21)25-23(27)18-11-8-10-17(15-18)22(26)24-19-12-5-4-9-16(19)2/h4-15H,3H2,1-2H3,(H,24,26)(H,25,27). The highest BCUT2D eigenvalue weighted by atomic mass is 16.5. The van der Waals surface area contributed by atoms with Crippen molar-refractivity contribution in [1.29, 1.82) is 0 Å². The zero-order valence-electron chi connectivity index (χ0n) is 15.9. The summed E-state index contributed by atoms with van der Waals surface area (Å²) < 4.78 is 5.53. The van der Waals surface area contributed by atoms with Crippen molar-refractivity contribution in [3.63, 3.8) is 0 Å². The predicted molar refractivity (Wildman–Crippen MR) is 111 cm³/mol. The van der Waals surface area contributed by atoms with Crippen molar-refractivity contribution in [3.8, 4) is 5.75 Å². The van der Waals surface area contributed by atoms with E-state index in [-0.39, 0.29) is 11.8 Å². The highest BCUT2D eigenvalue weighted by molar-refractivity contribution is 6.09. The molecule has 0 fully saturated rings. The third kappa shape index (κ3) is 4.57. The number of carbonyl (C=O) groups is 2. The molecule has 2 amide bonds. The van der Waals surface area contributed by atoms with Gasteiger partial charge in [-0.2, -0.15) is 0 Å². The Bertz CT molecular complexity index is 998. The van der Waals surface area contributed by atoms with Crippen LogP contribution in [0.3, 0.4) is 0 Å². The molecular formula is C23H22N2O3. The number of nitrogens with one attached hydrogen (secondary N) is 2. The molecule has 3 rings (SSSR count). The molecule has 0 spiro atoms. The first-order chi connectivity index (χ1) is 13.6. The second kappa shape index (κ2) is 8.86. The largest absolute Gasteiger partial charge is 0.492 e. The first-order valence-electron chi connectivity index (χ1n) is 9.08. The Morgan fingerprint density at radius 3 is 2.00 bits per heavy atom. The van der Waals surface area contributed by atoms with E-state index in [0.717, 1.165) is 11.3 Å². The number of benzene rings is 3. The Morgan fingerprint density at radius 1 is 0.786 bits per heavy atom. The van der Waals surface area contributed by atoms with Gasteiger partial charge in [-0.3, -0.25) is 9.59 Å². The number of rotatable bonds is 6. The summed E-state index contributed by atoms with van der Waals surface area (Å²) in [6.45, 7) is 4.31. The quantitative estimate of drug-likeness (QED) is 0.645. The van der Waals surface area contributed by atoms with E-state index in [9.17, 15) is 9.59 Å². The number of aryl methyl sites for hydroxylation is 1. The van der Waals surface area contributed by atoms with E-state index in [1.54, 1.807) is 36.4 Å². The summed E-state index contributed by atoms with van der Waals surface area (Å²) in [6.07, 6.45) is 0. The van der Waals surface area contributed by atoms with Crippen LogP contribution in [-0.2, 0) is 0 Å². The van der Waals surface area contributed by atoms with Gasteiger partial charge in [0.25, 0.3) is 11.8 Å². The lowest BCUT2D eigenvalue weighted by molar-refractivity contribution is 0.102. The first kappa shape index (κ1) is 19.2. The minimum atomic E-state index is -0.308. The maximum Gasteiger partial charge on any atom is 0.255 e. The van der Waals surface area contributed by atoms with Crippen LogP contribution in [0.4, 0.5) is 11.4 Å². The lowest BCUT2D eigenvalue weighted by atomic mass is 10.1. The van der Waals surface area contributed by atoms with E-state index < -0.39 is 0 Å². The molecular weight excluding hydrogens is 352 g/mol. The molecule has 0 aliphatic rings. The first-order valence-corrected chi connectivity index (χ1v) is 9.08. The van der Waals surface area contributed by atoms with Crippen LogP contribution in [0.2, 0.25) is 0 Å².